The first-order valence-electron chi connectivity index (χ1n) is 11.4. The van der Waals surface area contributed by atoms with E-state index in [1.165, 1.54) is 11.3 Å². The molecule has 7 heteroatoms. The number of hydrogen-bond donors (Lipinski definition) is 1. The Morgan fingerprint density at radius 3 is 2.31 bits per heavy atom. The molecule has 2 rings (SSSR count). The van der Waals surface area contributed by atoms with Crippen LogP contribution in [0, 0.1) is 5.92 Å². The molecule has 1 unspecified atom stereocenters. The number of imide groups is 1. The summed E-state index contributed by atoms with van der Waals surface area (Å²) in [5.74, 6) is 0.0104. The summed E-state index contributed by atoms with van der Waals surface area (Å²) in [4.78, 5) is 50.8. The van der Waals surface area contributed by atoms with Crippen molar-refractivity contribution >= 4 is 23.6 Å². The quantitative estimate of drug-likeness (QED) is 0.398. The largest absolute Gasteiger partial charge is 0.356 e. The molecule has 0 saturated carbocycles. The zero-order valence-corrected chi connectivity index (χ0v) is 17.9. The van der Waals surface area contributed by atoms with E-state index in [1.807, 2.05) is 4.90 Å². The van der Waals surface area contributed by atoms with E-state index in [2.05, 4.69) is 5.32 Å². The Balaban J connectivity index is 1.40. The van der Waals surface area contributed by atoms with E-state index >= 15 is 0 Å². The Morgan fingerprint density at radius 1 is 0.931 bits per heavy atom. The van der Waals surface area contributed by atoms with Gasteiger partial charge in [-0.3, -0.25) is 24.1 Å². The van der Waals surface area contributed by atoms with Gasteiger partial charge in [0.15, 0.2) is 0 Å². The second kappa shape index (κ2) is 12.6. The Bertz CT molecular complexity index is 572. The molecule has 2 heterocycles. The highest BCUT2D eigenvalue weighted by Crippen LogP contribution is 2.19. The van der Waals surface area contributed by atoms with Crippen LogP contribution in [0.1, 0.15) is 84.0 Å². The Kier molecular flexibility index (Phi) is 10.2. The summed E-state index contributed by atoms with van der Waals surface area (Å²) in [5.41, 5.74) is 0. The number of carbonyl (C=O) groups excluding carboxylic acids is 4. The zero-order chi connectivity index (χ0) is 21.1. The maximum absolute atomic E-state index is 12.1. The maximum Gasteiger partial charge on any atom is 0.232 e. The van der Waals surface area contributed by atoms with E-state index in [0.717, 1.165) is 64.5 Å². The predicted octanol–water partition coefficient (Wildman–Crippen LogP) is 2.63. The number of hydrogen-bond acceptors (Lipinski definition) is 4. The van der Waals surface area contributed by atoms with Gasteiger partial charge in [0.25, 0.3) is 0 Å². The lowest BCUT2D eigenvalue weighted by Gasteiger charge is -2.26. The Hall–Kier alpha value is -1.92. The fraction of sp³-hybridized carbons (Fsp3) is 0.818. The van der Waals surface area contributed by atoms with Gasteiger partial charge in [-0.1, -0.05) is 19.8 Å². The first-order chi connectivity index (χ1) is 14.0. The van der Waals surface area contributed by atoms with Crippen LogP contribution >= 0.6 is 0 Å². The van der Waals surface area contributed by atoms with Crippen molar-refractivity contribution in [2.45, 2.75) is 84.0 Å². The first kappa shape index (κ1) is 23.4. The minimum Gasteiger partial charge on any atom is -0.356 e. The van der Waals surface area contributed by atoms with Crippen LogP contribution in [0.4, 0.5) is 0 Å². The average Bonchev–Trinajstić information content (AvgIpc) is 2.96. The SMILES string of the molecule is CC1CC(=O)N(CCCCCC(=O)NCCCCCC(=O)N2CCCCC2)C1=O. The van der Waals surface area contributed by atoms with Crippen LogP contribution in [0.15, 0.2) is 0 Å². The Morgan fingerprint density at radius 2 is 1.62 bits per heavy atom. The highest BCUT2D eigenvalue weighted by atomic mass is 16.2. The monoisotopic (exact) mass is 407 g/mol. The number of amides is 4. The van der Waals surface area contributed by atoms with Gasteiger partial charge in [0, 0.05) is 51.4 Å². The topological polar surface area (TPSA) is 86.8 Å². The number of rotatable bonds is 12. The minimum absolute atomic E-state index is 0.0522. The molecule has 29 heavy (non-hydrogen) atoms. The van der Waals surface area contributed by atoms with Crippen LogP contribution in [0.25, 0.3) is 0 Å². The third-order valence-corrected chi connectivity index (χ3v) is 5.85. The molecule has 0 radical (unpaired) electrons. The van der Waals surface area contributed by atoms with Gasteiger partial charge < -0.3 is 10.2 Å². The lowest BCUT2D eigenvalue weighted by molar-refractivity contribution is -0.139. The molecule has 7 nitrogen and oxygen atoms in total. The van der Waals surface area contributed by atoms with Crippen molar-refractivity contribution in [1.29, 1.82) is 0 Å². The van der Waals surface area contributed by atoms with Crippen molar-refractivity contribution in [1.82, 2.24) is 15.1 Å². The fourth-order valence-corrected chi connectivity index (χ4v) is 4.01. The number of likely N-dealkylation sites (tertiary alicyclic amines) is 2. The molecule has 0 aromatic heterocycles. The van der Waals surface area contributed by atoms with Gasteiger partial charge in [-0.05, 0) is 44.9 Å². The van der Waals surface area contributed by atoms with Gasteiger partial charge in [0.1, 0.15) is 0 Å². The molecule has 0 aliphatic carbocycles. The van der Waals surface area contributed by atoms with E-state index in [-0.39, 0.29) is 29.5 Å². The molecule has 1 atom stereocenters. The van der Waals surface area contributed by atoms with E-state index in [1.54, 1.807) is 6.92 Å². The van der Waals surface area contributed by atoms with Crippen LogP contribution in [0.5, 0.6) is 0 Å². The summed E-state index contributed by atoms with van der Waals surface area (Å²) in [7, 11) is 0. The normalized spacial score (nSPS) is 19.7. The summed E-state index contributed by atoms with van der Waals surface area (Å²) < 4.78 is 0. The number of piperidine rings is 1. The molecule has 0 spiro atoms. The first-order valence-corrected chi connectivity index (χ1v) is 11.4. The molecule has 2 aliphatic heterocycles. The van der Waals surface area contributed by atoms with Gasteiger partial charge in [-0.2, -0.15) is 0 Å². The second-order valence-electron chi connectivity index (χ2n) is 8.40. The standard InChI is InChI=1S/C22H37N3O4/c1-18-17-21(28)25(22(18)29)16-10-3-5-11-19(26)23-13-7-2-6-12-20(27)24-14-8-4-9-15-24/h18H,2-17H2,1H3,(H,23,26). The van der Waals surface area contributed by atoms with Gasteiger partial charge >= 0.3 is 0 Å². The molecule has 2 saturated heterocycles. The van der Waals surface area contributed by atoms with Gasteiger partial charge in [0.2, 0.25) is 23.6 Å². The summed E-state index contributed by atoms with van der Waals surface area (Å²) >= 11 is 0. The van der Waals surface area contributed by atoms with Gasteiger partial charge in [0.05, 0.1) is 0 Å². The fourth-order valence-electron chi connectivity index (χ4n) is 4.01. The van der Waals surface area contributed by atoms with Crippen molar-refractivity contribution in [2.24, 2.45) is 5.92 Å². The third kappa shape index (κ3) is 8.15. The molecule has 0 bridgehead atoms. The molecule has 0 aromatic rings. The van der Waals surface area contributed by atoms with E-state index < -0.39 is 0 Å². The molecule has 2 aliphatic rings. The summed E-state index contributed by atoms with van der Waals surface area (Å²) in [6.07, 6.45) is 10.0. The van der Waals surface area contributed by atoms with Crippen molar-refractivity contribution in [3.8, 4) is 0 Å². The molecule has 0 aromatic carbocycles. The molecular weight excluding hydrogens is 370 g/mol. The third-order valence-electron chi connectivity index (χ3n) is 5.85. The zero-order valence-electron chi connectivity index (χ0n) is 17.9. The second-order valence-corrected chi connectivity index (χ2v) is 8.40. The summed E-state index contributed by atoms with van der Waals surface area (Å²) in [6, 6.07) is 0. The molecule has 1 N–H and O–H groups in total. The Labute approximate surface area is 174 Å². The lowest BCUT2D eigenvalue weighted by atomic mass is 10.1. The maximum atomic E-state index is 12.1. The average molecular weight is 408 g/mol. The number of unbranched alkanes of at least 4 members (excludes halogenated alkanes) is 4. The highest BCUT2D eigenvalue weighted by molar-refractivity contribution is 6.03. The van der Waals surface area contributed by atoms with Crippen LogP contribution in [-0.2, 0) is 19.2 Å². The lowest BCUT2D eigenvalue weighted by Crippen LogP contribution is -2.35. The van der Waals surface area contributed by atoms with Crippen LogP contribution in [0.3, 0.4) is 0 Å². The van der Waals surface area contributed by atoms with E-state index in [0.29, 0.717) is 32.4 Å². The summed E-state index contributed by atoms with van der Waals surface area (Å²) in [5, 5.41) is 2.93. The van der Waals surface area contributed by atoms with E-state index in [9.17, 15) is 19.2 Å². The number of carbonyl (C=O) groups is 4. The smallest absolute Gasteiger partial charge is 0.232 e. The van der Waals surface area contributed by atoms with Crippen LogP contribution < -0.4 is 5.32 Å². The number of nitrogens with one attached hydrogen (secondary N) is 1. The molecular formula is C22H37N3O4. The molecule has 2 fully saturated rings. The molecule has 164 valence electrons. The highest BCUT2D eigenvalue weighted by Gasteiger charge is 2.34. The molecule has 4 amide bonds. The van der Waals surface area contributed by atoms with Gasteiger partial charge in [-0.15, -0.1) is 0 Å². The summed E-state index contributed by atoms with van der Waals surface area (Å²) in [6.45, 7) is 4.75. The van der Waals surface area contributed by atoms with Gasteiger partial charge in [-0.25, -0.2) is 0 Å². The predicted molar refractivity (Wildman–Crippen MR) is 111 cm³/mol. The van der Waals surface area contributed by atoms with Crippen molar-refractivity contribution < 1.29 is 19.2 Å². The number of nitrogens with zero attached hydrogens (tertiary/aromatic N) is 2. The van der Waals surface area contributed by atoms with Crippen molar-refractivity contribution in [3.63, 3.8) is 0 Å². The van der Waals surface area contributed by atoms with Crippen molar-refractivity contribution in [2.75, 3.05) is 26.2 Å². The van der Waals surface area contributed by atoms with Crippen molar-refractivity contribution in [3.05, 3.63) is 0 Å². The van der Waals surface area contributed by atoms with Crippen LogP contribution in [0.2, 0.25) is 0 Å². The van der Waals surface area contributed by atoms with Crippen LogP contribution in [-0.4, -0.2) is 59.6 Å². The minimum atomic E-state index is -0.184. The van der Waals surface area contributed by atoms with E-state index in [4.69, 9.17) is 0 Å².